The Bertz CT molecular complexity index is 1420. The zero-order valence-corrected chi connectivity index (χ0v) is 21.8. The summed E-state index contributed by atoms with van der Waals surface area (Å²) < 4.78 is 1.35. The number of anilines is 2. The van der Waals surface area contributed by atoms with E-state index in [0.29, 0.717) is 34.4 Å². The molecule has 5 rings (SSSR count). The molecule has 1 aliphatic heterocycles. The second-order valence-corrected chi connectivity index (χ2v) is 11.2. The van der Waals surface area contributed by atoms with Crippen LogP contribution >= 0.6 is 11.6 Å². The fourth-order valence-corrected chi connectivity index (χ4v) is 5.06. The van der Waals surface area contributed by atoms with E-state index in [0.717, 1.165) is 24.2 Å². The molecule has 1 saturated heterocycles. The van der Waals surface area contributed by atoms with Gasteiger partial charge in [-0.1, -0.05) is 17.7 Å². The number of hydrogen-bond donors (Lipinski definition) is 2. The molecule has 10 heteroatoms. The zero-order chi connectivity index (χ0) is 25.9. The third-order valence-electron chi connectivity index (χ3n) is 6.62. The normalized spacial score (nSPS) is 19.8. The molecule has 36 heavy (non-hydrogen) atoms. The van der Waals surface area contributed by atoms with Gasteiger partial charge in [0.25, 0.3) is 5.56 Å². The molecule has 2 N–H and O–H groups in total. The molecule has 190 valence electrons. The van der Waals surface area contributed by atoms with Gasteiger partial charge in [0.15, 0.2) is 5.69 Å². The summed E-state index contributed by atoms with van der Waals surface area (Å²) in [6, 6.07) is 6.54. The molecule has 9 nitrogen and oxygen atoms in total. The smallest absolute Gasteiger partial charge is 0.356 e. The van der Waals surface area contributed by atoms with Gasteiger partial charge in [-0.05, 0) is 76.6 Å². The summed E-state index contributed by atoms with van der Waals surface area (Å²) in [7, 11) is 0. The van der Waals surface area contributed by atoms with Crippen LogP contribution in [0.1, 0.15) is 61.8 Å². The molecule has 3 aromatic rings. The zero-order valence-electron chi connectivity index (χ0n) is 21.0. The van der Waals surface area contributed by atoms with E-state index < -0.39 is 11.6 Å². The van der Waals surface area contributed by atoms with Gasteiger partial charge in [0.1, 0.15) is 10.8 Å². The van der Waals surface area contributed by atoms with E-state index in [9.17, 15) is 14.7 Å². The van der Waals surface area contributed by atoms with E-state index in [1.54, 1.807) is 6.07 Å². The van der Waals surface area contributed by atoms with E-state index in [-0.39, 0.29) is 22.4 Å². The minimum atomic E-state index is -1.18. The minimum absolute atomic E-state index is 0.0981. The minimum Gasteiger partial charge on any atom is -0.476 e. The number of carbonyl (C=O) groups is 1. The third-order valence-corrected chi connectivity index (χ3v) is 6.83. The van der Waals surface area contributed by atoms with Gasteiger partial charge in [0.05, 0.1) is 22.6 Å². The molecule has 1 saturated carbocycles. The lowest BCUT2D eigenvalue weighted by molar-refractivity contribution is -0.0188. The van der Waals surface area contributed by atoms with Crippen molar-refractivity contribution < 1.29 is 14.7 Å². The van der Waals surface area contributed by atoms with Gasteiger partial charge in [-0.25, -0.2) is 14.8 Å². The van der Waals surface area contributed by atoms with E-state index in [1.165, 1.54) is 17.2 Å². The van der Waals surface area contributed by atoms with Gasteiger partial charge >= 0.3 is 5.97 Å². The van der Waals surface area contributed by atoms with Crippen LogP contribution in [0.25, 0.3) is 10.9 Å². The van der Waals surface area contributed by atoms with Crippen molar-refractivity contribution >= 4 is 40.1 Å². The number of hydrogen-bond acceptors (Lipinski definition) is 7. The molecule has 0 amide bonds. The molecular weight excluding hydrogens is 482 g/mol. The Morgan fingerprint density at radius 3 is 2.56 bits per heavy atom. The first kappa shape index (κ1) is 24.4. The fraction of sp³-hybridized carbons (Fsp3) is 0.462. The average molecular weight is 512 g/mol. The molecule has 3 unspecified atom stereocenters. The first-order chi connectivity index (χ1) is 16.9. The summed E-state index contributed by atoms with van der Waals surface area (Å²) >= 11 is 5.92. The maximum absolute atomic E-state index is 13.8. The predicted molar refractivity (Wildman–Crippen MR) is 139 cm³/mol. The molecule has 0 bridgehead atoms. The Morgan fingerprint density at radius 1 is 1.22 bits per heavy atom. The fourth-order valence-electron chi connectivity index (χ4n) is 4.91. The number of aromatic nitrogens is 3. The van der Waals surface area contributed by atoms with Crippen molar-refractivity contribution in [3.63, 3.8) is 0 Å². The Hall–Kier alpha value is -3.33. The molecule has 1 aromatic carbocycles. The standard InChI is InChI=1S/C26H30ClN5O4/c1-13-8-17(14(2)28-19-6-7-20(27)29-22(19)24(34)35)21-18(9-13)23(33)32(36-26(3,4)5)25(30-21)31-11-15-10-16(15)12-31/h6-9,14-16,28H,10-12H2,1-5H3,(H,34,35). The highest BCUT2D eigenvalue weighted by Gasteiger charge is 2.46. The summed E-state index contributed by atoms with van der Waals surface area (Å²) in [4.78, 5) is 42.7. The van der Waals surface area contributed by atoms with E-state index in [2.05, 4.69) is 15.2 Å². The number of nitrogens with zero attached hydrogens (tertiary/aromatic N) is 4. The number of fused-ring (bicyclic) bond motifs is 2. The van der Waals surface area contributed by atoms with Gasteiger partial charge in [-0.2, -0.15) is 0 Å². The van der Waals surface area contributed by atoms with E-state index >= 15 is 0 Å². The van der Waals surface area contributed by atoms with Crippen molar-refractivity contribution in [2.45, 2.75) is 52.7 Å². The first-order valence-corrected chi connectivity index (χ1v) is 12.5. The number of piperidine rings is 1. The van der Waals surface area contributed by atoms with Gasteiger partial charge < -0.3 is 20.2 Å². The highest BCUT2D eigenvalue weighted by molar-refractivity contribution is 6.29. The lowest BCUT2D eigenvalue weighted by atomic mass is 10.0. The Labute approximate surface area is 214 Å². The maximum Gasteiger partial charge on any atom is 0.356 e. The van der Waals surface area contributed by atoms with Crippen molar-refractivity contribution in [1.29, 1.82) is 0 Å². The second kappa shape index (κ2) is 8.65. The van der Waals surface area contributed by atoms with Gasteiger partial charge in [-0.3, -0.25) is 4.79 Å². The number of aromatic carboxylic acids is 1. The Kier molecular flexibility index (Phi) is 5.86. The SMILES string of the molecule is Cc1cc(C(C)Nc2ccc(Cl)nc2C(=O)O)c2nc(N3CC4CC4C3)n(OC(C)(C)C)c(=O)c2c1. The van der Waals surface area contributed by atoms with Crippen molar-refractivity contribution in [3.8, 4) is 0 Å². The van der Waals surface area contributed by atoms with Gasteiger partial charge in [-0.15, -0.1) is 4.73 Å². The largest absolute Gasteiger partial charge is 0.476 e. The van der Waals surface area contributed by atoms with Gasteiger partial charge in [0, 0.05) is 18.7 Å². The van der Waals surface area contributed by atoms with Crippen LogP contribution < -0.4 is 20.6 Å². The number of pyridine rings is 1. The molecule has 1 aliphatic carbocycles. The lowest BCUT2D eigenvalue weighted by Gasteiger charge is -2.28. The summed E-state index contributed by atoms with van der Waals surface area (Å²) in [5.41, 5.74) is 1.54. The Morgan fingerprint density at radius 2 is 1.92 bits per heavy atom. The summed E-state index contributed by atoms with van der Waals surface area (Å²) in [6.45, 7) is 11.2. The summed E-state index contributed by atoms with van der Waals surface area (Å²) in [5.74, 6) is 0.610. The number of carboxylic acid groups (broad SMARTS) is 1. The second-order valence-electron chi connectivity index (χ2n) is 10.8. The van der Waals surface area contributed by atoms with Crippen molar-refractivity contribution in [2.75, 3.05) is 23.3 Å². The van der Waals surface area contributed by atoms with E-state index in [1.807, 2.05) is 46.8 Å². The van der Waals surface area contributed by atoms with Crippen molar-refractivity contribution in [2.24, 2.45) is 11.8 Å². The van der Waals surface area contributed by atoms with E-state index in [4.69, 9.17) is 21.4 Å². The van der Waals surface area contributed by atoms with Crippen LogP contribution in [0.15, 0.2) is 29.1 Å². The molecule has 2 aliphatic rings. The molecular formula is C26H30ClN5O4. The van der Waals surface area contributed by atoms with Crippen LogP contribution in [0, 0.1) is 18.8 Å². The maximum atomic E-state index is 13.8. The van der Waals surface area contributed by atoms with Crippen LogP contribution in [0.3, 0.4) is 0 Å². The topological polar surface area (TPSA) is 110 Å². The molecule has 0 spiro atoms. The monoisotopic (exact) mass is 511 g/mol. The van der Waals surface area contributed by atoms with Gasteiger partial charge in [0.2, 0.25) is 5.95 Å². The molecule has 2 fully saturated rings. The summed E-state index contributed by atoms with van der Waals surface area (Å²) in [5, 5.41) is 13.4. The number of halogens is 1. The number of rotatable bonds is 6. The molecule has 2 aromatic heterocycles. The van der Waals surface area contributed by atoms with Crippen LogP contribution in [0.2, 0.25) is 5.15 Å². The Balaban J connectivity index is 1.64. The van der Waals surface area contributed by atoms with Crippen LogP contribution in [-0.2, 0) is 0 Å². The van der Waals surface area contributed by atoms with Crippen LogP contribution in [0.4, 0.5) is 11.6 Å². The number of nitrogens with one attached hydrogen (secondary N) is 1. The average Bonchev–Trinajstić information content (AvgIpc) is 3.40. The van der Waals surface area contributed by atoms with Crippen LogP contribution in [-0.4, -0.2) is 44.5 Å². The number of benzene rings is 1. The quantitative estimate of drug-likeness (QED) is 0.471. The van der Waals surface area contributed by atoms with Crippen molar-refractivity contribution in [1.82, 2.24) is 14.7 Å². The first-order valence-electron chi connectivity index (χ1n) is 12.1. The third kappa shape index (κ3) is 4.59. The highest BCUT2D eigenvalue weighted by Crippen LogP contribution is 2.46. The number of aryl methyl sites for hydroxylation is 1. The predicted octanol–water partition coefficient (Wildman–Crippen LogP) is 4.31. The molecule has 0 radical (unpaired) electrons. The number of carboxylic acids is 1. The molecule has 3 atom stereocenters. The highest BCUT2D eigenvalue weighted by atomic mass is 35.5. The lowest BCUT2D eigenvalue weighted by Crippen LogP contribution is -2.42. The van der Waals surface area contributed by atoms with Crippen molar-refractivity contribution in [3.05, 3.63) is 56.6 Å². The summed E-state index contributed by atoms with van der Waals surface area (Å²) in [6.07, 6.45) is 1.22. The van der Waals surface area contributed by atoms with Crippen LogP contribution in [0.5, 0.6) is 0 Å². The molecule has 3 heterocycles.